The van der Waals surface area contributed by atoms with E-state index in [1.165, 1.54) is 15.3 Å². The van der Waals surface area contributed by atoms with Gasteiger partial charge in [-0.05, 0) is 40.9 Å². The number of thiophene rings is 2. The lowest BCUT2D eigenvalue weighted by Crippen LogP contribution is -2.40. The van der Waals surface area contributed by atoms with E-state index in [1.807, 2.05) is 35.6 Å². The highest BCUT2D eigenvalue weighted by molar-refractivity contribution is 7.10. The van der Waals surface area contributed by atoms with Gasteiger partial charge < -0.3 is 0 Å². The topological polar surface area (TPSA) is 38.1 Å². The van der Waals surface area contributed by atoms with Crippen LogP contribution in [0.5, 0.6) is 0 Å². The molecule has 0 radical (unpaired) electrons. The number of aromatic nitrogens is 2. The van der Waals surface area contributed by atoms with Crippen molar-refractivity contribution in [3.63, 3.8) is 0 Å². The lowest BCUT2D eigenvalue weighted by atomic mass is 9.99. The summed E-state index contributed by atoms with van der Waals surface area (Å²) in [5, 5.41) is 10.3. The molecule has 0 saturated carbocycles. The van der Waals surface area contributed by atoms with Crippen molar-refractivity contribution in [3.05, 3.63) is 85.1 Å². The van der Waals surface area contributed by atoms with Crippen molar-refractivity contribution in [1.82, 2.24) is 14.7 Å². The van der Waals surface area contributed by atoms with Gasteiger partial charge in [0.2, 0.25) is 0 Å². The van der Waals surface area contributed by atoms with E-state index >= 15 is 0 Å². The quantitative estimate of drug-likeness (QED) is 0.537. The minimum Gasteiger partial charge on any atom is -0.272 e. The minimum atomic E-state index is -0.0239. The Morgan fingerprint density at radius 3 is 2.88 bits per heavy atom. The second kappa shape index (κ2) is 6.46. The third kappa shape index (κ3) is 2.61. The molecule has 0 bridgehead atoms. The molecule has 26 heavy (non-hydrogen) atoms. The summed E-state index contributed by atoms with van der Waals surface area (Å²) < 4.78 is 1.60. The Hall–Kier alpha value is -2.28. The average molecular weight is 380 g/mol. The molecule has 0 aliphatic carbocycles. The average Bonchev–Trinajstić information content (AvgIpc) is 3.35. The number of fused-ring (bicyclic) bond motifs is 2. The van der Waals surface area contributed by atoms with Crippen LogP contribution in [-0.2, 0) is 13.1 Å². The number of rotatable bonds is 3. The van der Waals surface area contributed by atoms with E-state index < -0.39 is 0 Å². The summed E-state index contributed by atoms with van der Waals surface area (Å²) in [4.78, 5) is 18.0. The third-order valence-electron chi connectivity index (χ3n) is 4.96. The molecular formula is C20H17N3OS2. The lowest BCUT2D eigenvalue weighted by molar-refractivity contribution is 0.156. The summed E-state index contributed by atoms with van der Waals surface area (Å²) in [5.41, 5.74) is 1.35. The Bertz CT molecular complexity index is 1110. The molecule has 6 heteroatoms. The van der Waals surface area contributed by atoms with E-state index in [9.17, 15) is 4.79 Å². The summed E-state index contributed by atoms with van der Waals surface area (Å²) in [6.45, 7) is 1.43. The molecule has 0 saturated heterocycles. The van der Waals surface area contributed by atoms with Crippen LogP contribution in [0.25, 0.3) is 10.8 Å². The molecule has 0 unspecified atom stereocenters. The van der Waals surface area contributed by atoms with E-state index in [0.717, 1.165) is 23.7 Å². The Morgan fingerprint density at radius 2 is 2.00 bits per heavy atom. The molecule has 0 spiro atoms. The van der Waals surface area contributed by atoms with Crippen LogP contribution in [0, 0.1) is 0 Å². The molecule has 1 aliphatic rings. The summed E-state index contributed by atoms with van der Waals surface area (Å²) in [7, 11) is 0. The van der Waals surface area contributed by atoms with Crippen molar-refractivity contribution in [1.29, 1.82) is 0 Å². The van der Waals surface area contributed by atoms with Gasteiger partial charge in [-0.25, -0.2) is 4.68 Å². The van der Waals surface area contributed by atoms with Crippen LogP contribution in [0.4, 0.5) is 0 Å². The van der Waals surface area contributed by atoms with Crippen LogP contribution in [0.2, 0.25) is 0 Å². The molecule has 0 fully saturated rings. The van der Waals surface area contributed by atoms with Gasteiger partial charge in [-0.1, -0.05) is 24.3 Å². The van der Waals surface area contributed by atoms with E-state index in [1.54, 1.807) is 22.2 Å². The van der Waals surface area contributed by atoms with Crippen molar-refractivity contribution < 1.29 is 0 Å². The van der Waals surface area contributed by atoms with E-state index in [2.05, 4.69) is 39.0 Å². The summed E-state index contributed by atoms with van der Waals surface area (Å²) >= 11 is 3.61. The standard InChI is InChI=1S/C20H17N3OS2/c24-20-15-5-2-1-4-14(15)12-21-23(20)13-22-9-7-17-16(8-11-26-17)19(22)18-6-3-10-25-18/h1-6,8,10-12,19H,7,9,13H2/t19-/m0/s1. The Balaban J connectivity index is 1.56. The highest BCUT2D eigenvalue weighted by Gasteiger charge is 2.30. The smallest absolute Gasteiger partial charge is 0.272 e. The highest BCUT2D eigenvalue weighted by Crippen LogP contribution is 2.39. The van der Waals surface area contributed by atoms with Gasteiger partial charge in [0.1, 0.15) is 0 Å². The summed E-state index contributed by atoms with van der Waals surface area (Å²) in [6, 6.07) is 14.4. The van der Waals surface area contributed by atoms with Gasteiger partial charge in [0.15, 0.2) is 0 Å². The van der Waals surface area contributed by atoms with Crippen molar-refractivity contribution in [2.75, 3.05) is 6.54 Å². The van der Waals surface area contributed by atoms with E-state index in [-0.39, 0.29) is 11.6 Å². The first-order chi connectivity index (χ1) is 12.8. The van der Waals surface area contributed by atoms with Gasteiger partial charge in [0.05, 0.1) is 24.3 Å². The molecular weight excluding hydrogens is 362 g/mol. The fourth-order valence-corrected chi connectivity index (χ4v) is 5.48. The first kappa shape index (κ1) is 15.9. The predicted molar refractivity (Wildman–Crippen MR) is 107 cm³/mol. The van der Waals surface area contributed by atoms with Crippen molar-refractivity contribution in [2.45, 2.75) is 19.1 Å². The Labute approximate surface area is 159 Å². The predicted octanol–water partition coefficient (Wildman–Crippen LogP) is 4.12. The highest BCUT2D eigenvalue weighted by atomic mass is 32.1. The monoisotopic (exact) mass is 379 g/mol. The second-order valence-electron chi connectivity index (χ2n) is 6.46. The van der Waals surface area contributed by atoms with Gasteiger partial charge in [0.25, 0.3) is 5.56 Å². The van der Waals surface area contributed by atoms with Gasteiger partial charge in [-0.2, -0.15) is 5.10 Å². The van der Waals surface area contributed by atoms with Crippen LogP contribution in [0.1, 0.15) is 21.4 Å². The minimum absolute atomic E-state index is 0.0239. The molecule has 4 aromatic rings. The van der Waals surface area contributed by atoms with Crippen LogP contribution < -0.4 is 5.56 Å². The zero-order valence-corrected chi connectivity index (χ0v) is 15.7. The molecule has 130 valence electrons. The maximum Gasteiger partial charge on any atom is 0.275 e. The molecule has 0 N–H and O–H groups in total. The molecule has 4 heterocycles. The molecule has 1 atom stereocenters. The van der Waals surface area contributed by atoms with Gasteiger partial charge >= 0.3 is 0 Å². The maximum atomic E-state index is 12.9. The number of benzene rings is 1. The zero-order chi connectivity index (χ0) is 17.5. The van der Waals surface area contributed by atoms with Crippen LogP contribution in [0.3, 0.4) is 0 Å². The Kier molecular flexibility index (Phi) is 3.96. The normalized spacial score (nSPS) is 17.5. The number of hydrogen-bond acceptors (Lipinski definition) is 5. The van der Waals surface area contributed by atoms with Crippen molar-refractivity contribution >= 4 is 33.4 Å². The SMILES string of the molecule is O=c1c2ccccc2cnn1CN1CCc2sccc2[C@H]1c1cccs1. The molecule has 1 aromatic carbocycles. The van der Waals surface area contributed by atoms with Crippen molar-refractivity contribution in [2.24, 2.45) is 0 Å². The molecule has 4 nitrogen and oxygen atoms in total. The van der Waals surface area contributed by atoms with Gasteiger partial charge in [-0.15, -0.1) is 22.7 Å². The largest absolute Gasteiger partial charge is 0.275 e. The zero-order valence-electron chi connectivity index (χ0n) is 14.0. The Morgan fingerprint density at radius 1 is 1.08 bits per heavy atom. The third-order valence-corrected chi connectivity index (χ3v) is 6.88. The maximum absolute atomic E-state index is 12.9. The number of nitrogens with zero attached hydrogens (tertiary/aromatic N) is 3. The first-order valence-electron chi connectivity index (χ1n) is 8.60. The number of hydrogen-bond donors (Lipinski definition) is 0. The van der Waals surface area contributed by atoms with Crippen LogP contribution in [-0.4, -0.2) is 21.2 Å². The van der Waals surface area contributed by atoms with E-state index in [4.69, 9.17) is 0 Å². The molecule has 1 aliphatic heterocycles. The fraction of sp³-hybridized carbons (Fsp3) is 0.200. The van der Waals surface area contributed by atoms with Crippen LogP contribution in [0.15, 0.2) is 64.2 Å². The second-order valence-corrected chi connectivity index (χ2v) is 8.44. The summed E-state index contributed by atoms with van der Waals surface area (Å²) in [6.07, 6.45) is 2.81. The fourth-order valence-electron chi connectivity index (χ4n) is 3.70. The molecule has 3 aromatic heterocycles. The van der Waals surface area contributed by atoms with Crippen molar-refractivity contribution in [3.8, 4) is 0 Å². The molecule has 0 amide bonds. The van der Waals surface area contributed by atoms with E-state index in [0.29, 0.717) is 6.67 Å². The first-order valence-corrected chi connectivity index (χ1v) is 10.4. The summed E-state index contributed by atoms with van der Waals surface area (Å²) in [5.74, 6) is 0. The van der Waals surface area contributed by atoms with Gasteiger partial charge in [-0.3, -0.25) is 9.69 Å². The van der Waals surface area contributed by atoms with Gasteiger partial charge in [0, 0.05) is 21.7 Å². The lowest BCUT2D eigenvalue weighted by Gasteiger charge is -2.35. The van der Waals surface area contributed by atoms with Crippen LogP contribution >= 0.6 is 22.7 Å². The molecule has 5 rings (SSSR count).